The van der Waals surface area contributed by atoms with Crippen LogP contribution in [-0.4, -0.2) is 55.1 Å². The number of rotatable bonds is 14. The largest absolute Gasteiger partial charge is 0.344 e. The molecule has 2 fully saturated rings. The summed E-state index contributed by atoms with van der Waals surface area (Å²) >= 11 is 6.68. The van der Waals surface area contributed by atoms with Crippen LogP contribution >= 0.6 is 11.6 Å². The molecule has 9 rings (SSSR count). The SMILES string of the molecule is O=C(Cn1ccc(C2CC2)n1)N[C@@H](Cc1cc(F)cc(F)c1)c1nc2cc(-c3ccccc3F)ccc2c(=O)n1-c1ccc(Cl)c2c(NS(=O)(=O)C3CC3)nn(CC(F)F)c12. The van der Waals surface area contributed by atoms with Crippen LogP contribution in [0.5, 0.6) is 0 Å². The summed E-state index contributed by atoms with van der Waals surface area (Å²) in [6.07, 6.45) is 0.994. The molecule has 0 aliphatic heterocycles. The Kier molecular flexibility index (Phi) is 10.4. The number of halogens is 6. The van der Waals surface area contributed by atoms with Crippen LogP contribution in [0.4, 0.5) is 27.8 Å². The zero-order valence-corrected chi connectivity index (χ0v) is 33.4. The summed E-state index contributed by atoms with van der Waals surface area (Å²) in [5.41, 5.74) is 0.337. The van der Waals surface area contributed by atoms with Crippen molar-refractivity contribution in [2.75, 3.05) is 4.72 Å². The van der Waals surface area contributed by atoms with Crippen molar-refractivity contribution in [2.24, 2.45) is 0 Å². The average molecular weight is 877 g/mol. The second-order valence-electron chi connectivity index (χ2n) is 15.2. The average Bonchev–Trinajstić information content (AvgIpc) is 4.14. The Morgan fingerprint density at radius 3 is 2.38 bits per heavy atom. The maximum absolute atomic E-state index is 15.1. The van der Waals surface area contributed by atoms with Crippen LogP contribution in [0.3, 0.4) is 0 Å². The molecule has 2 aliphatic rings. The summed E-state index contributed by atoms with van der Waals surface area (Å²) in [6.45, 7) is -1.35. The van der Waals surface area contributed by atoms with Gasteiger partial charge in [-0.3, -0.25) is 28.2 Å². The van der Waals surface area contributed by atoms with Gasteiger partial charge in [-0.2, -0.15) is 10.2 Å². The summed E-state index contributed by atoms with van der Waals surface area (Å²) in [5, 5.41) is 10.6. The van der Waals surface area contributed by atoms with Crippen LogP contribution in [0.15, 0.2) is 89.9 Å². The highest BCUT2D eigenvalue weighted by Gasteiger charge is 2.37. The van der Waals surface area contributed by atoms with E-state index in [1.54, 1.807) is 18.3 Å². The third kappa shape index (κ3) is 8.21. The predicted octanol–water partition coefficient (Wildman–Crippen LogP) is 7.82. The van der Waals surface area contributed by atoms with Crippen LogP contribution in [0.1, 0.15) is 54.7 Å². The fourth-order valence-corrected chi connectivity index (χ4v) is 9.10. The summed E-state index contributed by atoms with van der Waals surface area (Å²) in [4.78, 5) is 33.9. The first-order chi connectivity index (χ1) is 29.2. The molecule has 0 spiro atoms. The van der Waals surface area contributed by atoms with Crippen molar-refractivity contribution in [1.82, 2.24) is 34.4 Å². The van der Waals surface area contributed by atoms with Crippen molar-refractivity contribution in [3.63, 3.8) is 0 Å². The molecule has 2 aliphatic carbocycles. The van der Waals surface area contributed by atoms with Gasteiger partial charge in [0.25, 0.3) is 12.0 Å². The molecule has 0 radical (unpaired) electrons. The molecule has 12 nitrogen and oxygen atoms in total. The lowest BCUT2D eigenvalue weighted by Gasteiger charge is -2.24. The van der Waals surface area contributed by atoms with E-state index in [2.05, 4.69) is 20.2 Å². The molecule has 4 aromatic carbocycles. The lowest BCUT2D eigenvalue weighted by Crippen LogP contribution is -2.37. The van der Waals surface area contributed by atoms with Crippen LogP contribution < -0.4 is 15.6 Å². The maximum atomic E-state index is 15.1. The lowest BCUT2D eigenvalue weighted by molar-refractivity contribution is -0.122. The molecule has 314 valence electrons. The van der Waals surface area contributed by atoms with E-state index in [0.29, 0.717) is 30.4 Å². The first-order valence-corrected chi connectivity index (χ1v) is 21.2. The van der Waals surface area contributed by atoms with E-state index in [4.69, 9.17) is 16.6 Å². The van der Waals surface area contributed by atoms with Gasteiger partial charge in [0, 0.05) is 30.2 Å². The van der Waals surface area contributed by atoms with Crippen LogP contribution in [0, 0.1) is 17.5 Å². The summed E-state index contributed by atoms with van der Waals surface area (Å²) in [7, 11) is -4.01. The highest BCUT2D eigenvalue weighted by atomic mass is 35.5. The number of anilines is 1. The molecule has 2 N–H and O–H groups in total. The minimum atomic E-state index is -4.01. The van der Waals surface area contributed by atoms with Gasteiger partial charge in [0.15, 0.2) is 5.82 Å². The van der Waals surface area contributed by atoms with E-state index >= 15 is 9.18 Å². The van der Waals surface area contributed by atoms with Gasteiger partial charge in [0.05, 0.1) is 49.5 Å². The topological polar surface area (TPSA) is 146 Å². The molecule has 0 bridgehead atoms. The van der Waals surface area contributed by atoms with Crippen molar-refractivity contribution < 1.29 is 35.2 Å². The Hall–Kier alpha value is -6.14. The molecule has 3 aromatic heterocycles. The fraction of sp³-hybridized carbons (Fsp3) is 0.262. The van der Waals surface area contributed by atoms with Gasteiger partial charge in [0.1, 0.15) is 36.4 Å². The minimum Gasteiger partial charge on any atom is -0.344 e. The number of sulfonamides is 1. The van der Waals surface area contributed by atoms with E-state index in [0.717, 1.165) is 39.9 Å². The van der Waals surface area contributed by atoms with E-state index in [1.165, 1.54) is 53.2 Å². The summed E-state index contributed by atoms with van der Waals surface area (Å²) in [6, 6.07) is 16.2. The Labute approximate surface area is 349 Å². The molecular weight excluding hydrogens is 843 g/mol. The van der Waals surface area contributed by atoms with E-state index in [9.17, 15) is 30.8 Å². The highest BCUT2D eigenvalue weighted by Crippen LogP contribution is 2.40. The number of alkyl halides is 2. The Morgan fingerprint density at radius 1 is 0.918 bits per heavy atom. The molecule has 2 saturated carbocycles. The zero-order valence-electron chi connectivity index (χ0n) is 31.8. The summed E-state index contributed by atoms with van der Waals surface area (Å²) in [5.74, 6) is -3.30. The number of amides is 1. The second kappa shape index (κ2) is 15.7. The third-order valence-electron chi connectivity index (χ3n) is 10.6. The van der Waals surface area contributed by atoms with Gasteiger partial charge in [-0.05, 0) is 85.3 Å². The Bertz CT molecular complexity index is 3040. The van der Waals surface area contributed by atoms with Gasteiger partial charge in [-0.1, -0.05) is 35.9 Å². The third-order valence-corrected chi connectivity index (χ3v) is 12.8. The van der Waals surface area contributed by atoms with Gasteiger partial charge >= 0.3 is 0 Å². The Balaban J connectivity index is 1.28. The van der Waals surface area contributed by atoms with Gasteiger partial charge in [0.2, 0.25) is 15.9 Å². The number of fused-ring (bicyclic) bond motifs is 2. The molecule has 19 heteroatoms. The molecule has 0 unspecified atom stereocenters. The van der Waals surface area contributed by atoms with E-state index < -0.39 is 63.2 Å². The van der Waals surface area contributed by atoms with Crippen LogP contribution in [0.2, 0.25) is 5.02 Å². The zero-order chi connectivity index (χ0) is 42.7. The molecule has 1 atom stereocenters. The number of carbonyl (C=O) groups excluding carboxylic acids is 1. The number of nitrogens with one attached hydrogen (secondary N) is 2. The van der Waals surface area contributed by atoms with Crippen LogP contribution in [0.25, 0.3) is 38.6 Å². The van der Waals surface area contributed by atoms with Crippen molar-refractivity contribution in [1.29, 1.82) is 0 Å². The fourth-order valence-electron chi connectivity index (χ4n) is 7.53. The van der Waals surface area contributed by atoms with Gasteiger partial charge in [-0.25, -0.2) is 35.4 Å². The first kappa shape index (κ1) is 40.3. The molecule has 3 heterocycles. The number of hydrogen-bond donors (Lipinski definition) is 2. The van der Waals surface area contributed by atoms with E-state index in [1.807, 2.05) is 0 Å². The normalized spacial score (nSPS) is 14.9. The second-order valence-corrected chi connectivity index (χ2v) is 17.6. The van der Waals surface area contributed by atoms with Crippen LogP contribution in [-0.2, 0) is 34.3 Å². The molecule has 61 heavy (non-hydrogen) atoms. The monoisotopic (exact) mass is 876 g/mol. The Morgan fingerprint density at radius 2 is 1.67 bits per heavy atom. The minimum absolute atomic E-state index is 0.0208. The number of carbonyl (C=O) groups is 1. The number of hydrogen-bond acceptors (Lipinski definition) is 7. The van der Waals surface area contributed by atoms with Crippen molar-refractivity contribution in [2.45, 2.75) is 68.8 Å². The molecule has 1 amide bonds. The first-order valence-electron chi connectivity index (χ1n) is 19.3. The lowest BCUT2D eigenvalue weighted by atomic mass is 10.0. The number of aromatic nitrogens is 6. The quantitative estimate of drug-likeness (QED) is 0.106. The smallest absolute Gasteiger partial charge is 0.266 e. The van der Waals surface area contributed by atoms with E-state index in [-0.39, 0.29) is 68.3 Å². The number of nitrogens with zero attached hydrogens (tertiary/aromatic N) is 6. The van der Waals surface area contributed by atoms with Gasteiger partial charge < -0.3 is 5.32 Å². The molecular formula is C42H34ClF5N8O4S. The van der Waals surface area contributed by atoms with Gasteiger partial charge in [-0.15, -0.1) is 0 Å². The van der Waals surface area contributed by atoms with Crippen molar-refractivity contribution in [3.05, 3.63) is 135 Å². The highest BCUT2D eigenvalue weighted by molar-refractivity contribution is 7.93. The number of benzene rings is 4. The van der Waals surface area contributed by atoms with Crippen molar-refractivity contribution >= 4 is 55.2 Å². The molecule has 0 saturated heterocycles. The summed E-state index contributed by atoms with van der Waals surface area (Å²) < 4.78 is 105. The predicted molar refractivity (Wildman–Crippen MR) is 218 cm³/mol. The standard InChI is InChI=1S/C42H34ClF5N8O4S/c43-30-11-12-35(39-38(30)40(52-55(39)20-36(47)48)53-61(59,60)27-8-9-27)56-41(50-33-18-24(7-10-29(33)42(56)58)28-3-1-2-4-31(28)46)34(17-22-15-25(44)19-26(45)16-22)49-37(57)21-54-14-13-32(51-54)23-5-6-23/h1-4,7,10-16,18-19,23,27,34,36H,5-6,8-9,17,20-21H2,(H,49,57)(H,52,53)/t34-/m0/s1. The maximum Gasteiger partial charge on any atom is 0.266 e. The van der Waals surface area contributed by atoms with Crippen molar-refractivity contribution in [3.8, 4) is 16.8 Å². The molecule has 7 aromatic rings.